The molecule has 3 N–H and O–H groups in total. The third-order valence-corrected chi connectivity index (χ3v) is 4.37. The zero-order valence-electron chi connectivity index (χ0n) is 11.2. The Morgan fingerprint density at radius 2 is 2.30 bits per heavy atom. The molecular weight excluding hydrogens is 280 g/mol. The molecule has 108 valence electrons. The standard InChI is InChI=1S/C13H16N2O4S/c1-13(2,11(14)12(16)17)20-7-8-6-10(19-15-8)9-4-3-5-18-9/h3-6,11H,7,14H2,1-2H3,(H,16,17)/t11-/m0/s1. The third kappa shape index (κ3) is 3.23. The fourth-order valence-corrected chi connectivity index (χ4v) is 2.50. The van der Waals surface area contributed by atoms with Crippen LogP contribution in [0.5, 0.6) is 0 Å². The molecule has 2 aromatic heterocycles. The van der Waals surface area contributed by atoms with Crippen molar-refractivity contribution in [3.8, 4) is 11.5 Å². The van der Waals surface area contributed by atoms with Gasteiger partial charge in [0, 0.05) is 16.6 Å². The van der Waals surface area contributed by atoms with Crippen molar-refractivity contribution in [1.29, 1.82) is 0 Å². The molecule has 0 saturated carbocycles. The summed E-state index contributed by atoms with van der Waals surface area (Å²) in [6.45, 7) is 3.59. The van der Waals surface area contributed by atoms with E-state index in [1.807, 2.05) is 0 Å². The normalized spacial score (nSPS) is 13.3. The minimum absolute atomic E-state index is 0.512. The summed E-state index contributed by atoms with van der Waals surface area (Å²) in [4.78, 5) is 10.9. The SMILES string of the molecule is CC(C)(SCc1cc(-c2ccco2)on1)[C@@H](N)C(=O)O. The summed E-state index contributed by atoms with van der Waals surface area (Å²) in [7, 11) is 0. The van der Waals surface area contributed by atoms with E-state index >= 15 is 0 Å². The second-order valence-corrected chi connectivity index (χ2v) is 6.50. The van der Waals surface area contributed by atoms with Crippen LogP contribution >= 0.6 is 11.8 Å². The molecule has 0 aliphatic carbocycles. The van der Waals surface area contributed by atoms with E-state index < -0.39 is 16.8 Å². The van der Waals surface area contributed by atoms with Gasteiger partial charge in [-0.25, -0.2) is 0 Å². The molecule has 1 atom stereocenters. The van der Waals surface area contributed by atoms with E-state index in [9.17, 15) is 4.79 Å². The number of carboxylic acid groups (broad SMARTS) is 1. The highest BCUT2D eigenvalue weighted by Crippen LogP contribution is 2.31. The molecule has 0 spiro atoms. The minimum Gasteiger partial charge on any atom is -0.480 e. The van der Waals surface area contributed by atoms with Crippen molar-refractivity contribution in [3.63, 3.8) is 0 Å². The van der Waals surface area contributed by atoms with Crippen LogP contribution in [0.15, 0.2) is 33.4 Å². The lowest BCUT2D eigenvalue weighted by molar-refractivity contribution is -0.139. The van der Waals surface area contributed by atoms with E-state index in [-0.39, 0.29) is 0 Å². The van der Waals surface area contributed by atoms with Crippen molar-refractivity contribution in [2.75, 3.05) is 0 Å². The maximum Gasteiger partial charge on any atom is 0.321 e. The summed E-state index contributed by atoms with van der Waals surface area (Å²) >= 11 is 1.42. The summed E-state index contributed by atoms with van der Waals surface area (Å²) in [5.74, 6) is 0.651. The second-order valence-electron chi connectivity index (χ2n) is 4.87. The van der Waals surface area contributed by atoms with Gasteiger partial charge in [0.05, 0.1) is 12.0 Å². The first-order valence-corrected chi connectivity index (χ1v) is 7.00. The number of hydrogen-bond donors (Lipinski definition) is 2. The average Bonchev–Trinajstić information content (AvgIpc) is 3.05. The van der Waals surface area contributed by atoms with Gasteiger partial charge >= 0.3 is 5.97 Å². The molecule has 6 nitrogen and oxygen atoms in total. The summed E-state index contributed by atoms with van der Waals surface area (Å²) in [6, 6.07) is 4.38. The van der Waals surface area contributed by atoms with Crippen molar-refractivity contribution in [2.45, 2.75) is 30.4 Å². The van der Waals surface area contributed by atoms with E-state index in [1.54, 1.807) is 38.3 Å². The molecule has 0 aliphatic rings. The summed E-state index contributed by atoms with van der Waals surface area (Å²) in [5.41, 5.74) is 6.38. The molecule has 2 rings (SSSR count). The van der Waals surface area contributed by atoms with Crippen LogP contribution in [0.2, 0.25) is 0 Å². The Balaban J connectivity index is 2.00. The maximum atomic E-state index is 10.9. The molecular formula is C13H16N2O4S. The predicted molar refractivity (Wildman–Crippen MR) is 75.2 cm³/mol. The first kappa shape index (κ1) is 14.7. The summed E-state index contributed by atoms with van der Waals surface area (Å²) in [5, 5.41) is 12.9. The van der Waals surface area contributed by atoms with Gasteiger partial charge in [0.1, 0.15) is 6.04 Å². The number of carbonyl (C=O) groups is 1. The van der Waals surface area contributed by atoms with Crippen molar-refractivity contribution in [3.05, 3.63) is 30.2 Å². The van der Waals surface area contributed by atoms with Gasteiger partial charge in [-0.2, -0.15) is 0 Å². The van der Waals surface area contributed by atoms with Gasteiger partial charge in [0.25, 0.3) is 0 Å². The molecule has 2 heterocycles. The van der Waals surface area contributed by atoms with Gasteiger partial charge in [-0.15, -0.1) is 11.8 Å². The van der Waals surface area contributed by atoms with E-state index in [2.05, 4.69) is 5.16 Å². The average molecular weight is 296 g/mol. The van der Waals surface area contributed by atoms with Crippen molar-refractivity contribution in [1.82, 2.24) is 5.16 Å². The number of hydrogen-bond acceptors (Lipinski definition) is 6. The topological polar surface area (TPSA) is 102 Å². The van der Waals surface area contributed by atoms with Crippen LogP contribution < -0.4 is 5.73 Å². The van der Waals surface area contributed by atoms with E-state index in [0.29, 0.717) is 23.0 Å². The molecule has 20 heavy (non-hydrogen) atoms. The molecule has 0 aromatic carbocycles. The van der Waals surface area contributed by atoms with Gasteiger partial charge in [-0.3, -0.25) is 4.79 Å². The Morgan fingerprint density at radius 1 is 1.55 bits per heavy atom. The minimum atomic E-state index is -1.01. The number of nitrogens with zero attached hydrogens (tertiary/aromatic N) is 1. The van der Waals surface area contributed by atoms with Gasteiger partial charge in [0.2, 0.25) is 5.76 Å². The highest BCUT2D eigenvalue weighted by atomic mass is 32.2. The largest absolute Gasteiger partial charge is 0.480 e. The number of furan rings is 1. The lowest BCUT2D eigenvalue weighted by atomic mass is 10.1. The van der Waals surface area contributed by atoms with Crippen molar-refractivity contribution in [2.24, 2.45) is 5.73 Å². The van der Waals surface area contributed by atoms with Crippen molar-refractivity contribution >= 4 is 17.7 Å². The van der Waals surface area contributed by atoms with Gasteiger partial charge in [0.15, 0.2) is 5.76 Å². The Hall–Kier alpha value is -1.73. The zero-order chi connectivity index (χ0) is 14.8. The number of nitrogens with two attached hydrogens (primary N) is 1. The third-order valence-electron chi connectivity index (χ3n) is 2.93. The van der Waals surface area contributed by atoms with Gasteiger partial charge in [-0.1, -0.05) is 5.16 Å². The Labute approximate surface area is 120 Å². The summed E-state index contributed by atoms with van der Waals surface area (Å²) in [6.07, 6.45) is 1.56. The van der Waals surface area contributed by atoms with Crippen LogP contribution in [-0.2, 0) is 10.5 Å². The lowest BCUT2D eigenvalue weighted by Crippen LogP contribution is -2.46. The van der Waals surface area contributed by atoms with E-state index in [4.69, 9.17) is 19.8 Å². The highest BCUT2D eigenvalue weighted by Gasteiger charge is 2.32. The molecule has 0 radical (unpaired) electrons. The predicted octanol–water partition coefficient (Wildman–Crippen LogP) is 2.36. The Bertz CT molecular complexity index is 577. The molecule has 0 saturated heterocycles. The van der Waals surface area contributed by atoms with Crippen LogP contribution in [0, 0.1) is 0 Å². The van der Waals surface area contributed by atoms with Crippen molar-refractivity contribution < 1.29 is 18.8 Å². The molecule has 2 aromatic rings. The first-order chi connectivity index (χ1) is 9.40. The highest BCUT2D eigenvalue weighted by molar-refractivity contribution is 7.99. The monoisotopic (exact) mass is 296 g/mol. The van der Waals surface area contributed by atoms with E-state index in [0.717, 1.165) is 0 Å². The number of aromatic nitrogens is 1. The van der Waals surface area contributed by atoms with Crippen LogP contribution in [-0.4, -0.2) is 27.0 Å². The van der Waals surface area contributed by atoms with Crippen LogP contribution in [0.25, 0.3) is 11.5 Å². The number of aliphatic carboxylic acids is 1. The molecule has 0 amide bonds. The zero-order valence-corrected chi connectivity index (χ0v) is 12.0. The van der Waals surface area contributed by atoms with E-state index in [1.165, 1.54) is 11.8 Å². The van der Waals surface area contributed by atoms with Crippen LogP contribution in [0.1, 0.15) is 19.5 Å². The smallest absolute Gasteiger partial charge is 0.321 e. The molecule has 0 fully saturated rings. The van der Waals surface area contributed by atoms with Gasteiger partial charge in [-0.05, 0) is 26.0 Å². The number of rotatable bonds is 6. The molecule has 7 heteroatoms. The molecule has 0 aliphatic heterocycles. The number of carboxylic acids is 1. The fourth-order valence-electron chi connectivity index (χ4n) is 1.56. The second kappa shape index (κ2) is 5.72. The van der Waals surface area contributed by atoms with Crippen LogP contribution in [0.3, 0.4) is 0 Å². The first-order valence-electron chi connectivity index (χ1n) is 6.02. The fraction of sp³-hybridized carbons (Fsp3) is 0.385. The number of thioether (sulfide) groups is 1. The quantitative estimate of drug-likeness (QED) is 0.843. The van der Waals surface area contributed by atoms with Crippen LogP contribution in [0.4, 0.5) is 0 Å². The molecule has 0 bridgehead atoms. The maximum absolute atomic E-state index is 10.9. The summed E-state index contributed by atoms with van der Waals surface area (Å²) < 4.78 is 9.79. The Morgan fingerprint density at radius 3 is 2.90 bits per heavy atom. The molecule has 0 unspecified atom stereocenters. The Kier molecular flexibility index (Phi) is 4.20. The lowest BCUT2D eigenvalue weighted by Gasteiger charge is -2.27. The van der Waals surface area contributed by atoms with Gasteiger partial charge < -0.3 is 19.8 Å².